The van der Waals surface area contributed by atoms with Crippen LogP contribution < -0.4 is 0 Å². The average molecular weight is 164 g/mol. The van der Waals surface area contributed by atoms with Gasteiger partial charge in [-0.1, -0.05) is 42.5 Å². The normalized spacial score (nSPS) is 13.6. The van der Waals surface area contributed by atoms with E-state index in [1.807, 2.05) is 31.2 Å². The summed E-state index contributed by atoms with van der Waals surface area (Å²) in [6.07, 6.45) is 4.09. The number of hydrogen-bond acceptors (Lipinski definition) is 1. The van der Waals surface area contributed by atoms with Gasteiger partial charge in [0.25, 0.3) is 0 Å². The van der Waals surface area contributed by atoms with Crippen molar-refractivity contribution < 1.29 is 0 Å². The Balaban J connectivity index is 2.76. The van der Waals surface area contributed by atoms with Crippen LogP contribution in [-0.4, -0.2) is 0 Å². The molecule has 0 amide bonds. The summed E-state index contributed by atoms with van der Waals surface area (Å²) < 4.78 is 0. The number of hydrogen-bond donors (Lipinski definition) is 1. The van der Waals surface area contributed by atoms with Crippen LogP contribution in [0.4, 0.5) is 0 Å². The number of thiol groups is 1. The summed E-state index contributed by atoms with van der Waals surface area (Å²) in [5, 5.41) is 0.237. The zero-order valence-corrected chi connectivity index (χ0v) is 7.46. The van der Waals surface area contributed by atoms with Crippen molar-refractivity contribution in [3.8, 4) is 0 Å². The molecule has 0 aliphatic heterocycles. The highest BCUT2D eigenvalue weighted by Crippen LogP contribution is 2.20. The lowest BCUT2D eigenvalue weighted by Crippen LogP contribution is -1.83. The summed E-state index contributed by atoms with van der Waals surface area (Å²) in [6, 6.07) is 10.2. The van der Waals surface area contributed by atoms with Crippen molar-refractivity contribution in [3.63, 3.8) is 0 Å². The van der Waals surface area contributed by atoms with Crippen LogP contribution in [0.1, 0.15) is 17.7 Å². The predicted octanol–water partition coefficient (Wildman–Crippen LogP) is 3.23. The third-order valence-corrected chi connectivity index (χ3v) is 1.99. The first-order chi connectivity index (χ1) is 5.34. The topological polar surface area (TPSA) is 0 Å². The first-order valence-electron chi connectivity index (χ1n) is 3.70. The fourth-order valence-electron chi connectivity index (χ4n) is 0.944. The lowest BCUT2D eigenvalue weighted by atomic mass is 10.1. The first-order valence-corrected chi connectivity index (χ1v) is 4.22. The van der Waals surface area contributed by atoms with Gasteiger partial charge >= 0.3 is 0 Å². The summed E-state index contributed by atoms with van der Waals surface area (Å²) >= 11 is 4.41. The van der Waals surface area contributed by atoms with Crippen LogP contribution in [0.3, 0.4) is 0 Å². The molecule has 1 aromatic carbocycles. The van der Waals surface area contributed by atoms with Crippen LogP contribution >= 0.6 is 12.6 Å². The Morgan fingerprint density at radius 3 is 2.45 bits per heavy atom. The number of allylic oxidation sites excluding steroid dienone is 1. The summed E-state index contributed by atoms with van der Waals surface area (Å²) in [5.74, 6) is 0. The maximum atomic E-state index is 4.41. The minimum atomic E-state index is 0.237. The molecule has 0 spiro atoms. The van der Waals surface area contributed by atoms with Gasteiger partial charge in [-0.05, 0) is 12.5 Å². The molecule has 0 aromatic heterocycles. The van der Waals surface area contributed by atoms with E-state index in [0.717, 1.165) is 0 Å². The zero-order chi connectivity index (χ0) is 8.10. The van der Waals surface area contributed by atoms with E-state index in [2.05, 4.69) is 30.8 Å². The highest BCUT2D eigenvalue weighted by Gasteiger charge is 1.98. The molecule has 1 rings (SSSR count). The van der Waals surface area contributed by atoms with Gasteiger partial charge in [0.15, 0.2) is 0 Å². The maximum absolute atomic E-state index is 4.41. The number of benzene rings is 1. The quantitative estimate of drug-likeness (QED) is 0.503. The van der Waals surface area contributed by atoms with Gasteiger partial charge in [0.1, 0.15) is 0 Å². The molecule has 0 N–H and O–H groups in total. The zero-order valence-electron chi connectivity index (χ0n) is 6.57. The van der Waals surface area contributed by atoms with Gasteiger partial charge in [-0.15, -0.1) is 0 Å². The number of rotatable bonds is 2. The molecule has 0 bridgehead atoms. The van der Waals surface area contributed by atoms with Crippen molar-refractivity contribution in [3.05, 3.63) is 48.0 Å². The predicted molar refractivity (Wildman–Crippen MR) is 53.0 cm³/mol. The summed E-state index contributed by atoms with van der Waals surface area (Å²) in [7, 11) is 0. The van der Waals surface area contributed by atoms with Crippen molar-refractivity contribution in [1.29, 1.82) is 0 Å². The van der Waals surface area contributed by atoms with Crippen molar-refractivity contribution in [1.82, 2.24) is 0 Å². The van der Waals surface area contributed by atoms with E-state index in [1.165, 1.54) is 5.56 Å². The van der Waals surface area contributed by atoms with Gasteiger partial charge in [-0.3, -0.25) is 0 Å². The lowest BCUT2D eigenvalue weighted by molar-refractivity contribution is 1.23. The Morgan fingerprint density at radius 2 is 1.91 bits per heavy atom. The van der Waals surface area contributed by atoms with E-state index >= 15 is 0 Å². The summed E-state index contributed by atoms with van der Waals surface area (Å²) in [4.78, 5) is 0. The van der Waals surface area contributed by atoms with E-state index in [9.17, 15) is 0 Å². The van der Waals surface area contributed by atoms with Gasteiger partial charge in [-0.25, -0.2) is 0 Å². The summed E-state index contributed by atoms with van der Waals surface area (Å²) in [6.45, 7) is 2.01. The molecule has 0 unspecified atom stereocenters. The molecule has 1 atom stereocenters. The Kier molecular flexibility index (Phi) is 3.24. The fraction of sp³-hybridized carbons (Fsp3) is 0.200. The van der Waals surface area contributed by atoms with Crippen molar-refractivity contribution >= 4 is 12.6 Å². The van der Waals surface area contributed by atoms with Crippen molar-refractivity contribution in [2.75, 3.05) is 0 Å². The SMILES string of the molecule is C/C=C/[C@H](S)c1ccccc1. The smallest absolute Gasteiger partial charge is 0.0446 e. The Bertz CT molecular complexity index is 226. The van der Waals surface area contributed by atoms with Crippen molar-refractivity contribution in [2.45, 2.75) is 12.2 Å². The maximum Gasteiger partial charge on any atom is 0.0446 e. The van der Waals surface area contributed by atoms with E-state index in [0.29, 0.717) is 0 Å². The molecule has 0 radical (unpaired) electrons. The van der Waals surface area contributed by atoms with E-state index in [-0.39, 0.29) is 5.25 Å². The van der Waals surface area contributed by atoms with Gasteiger partial charge < -0.3 is 0 Å². The largest absolute Gasteiger partial charge is 0.167 e. The molecule has 0 saturated carbocycles. The van der Waals surface area contributed by atoms with Gasteiger partial charge in [-0.2, -0.15) is 12.6 Å². The van der Waals surface area contributed by atoms with Crippen LogP contribution in [0.15, 0.2) is 42.5 Å². The van der Waals surface area contributed by atoms with Crippen LogP contribution in [-0.2, 0) is 0 Å². The van der Waals surface area contributed by atoms with E-state index in [4.69, 9.17) is 0 Å². The minimum Gasteiger partial charge on any atom is -0.167 e. The molecule has 0 fully saturated rings. The van der Waals surface area contributed by atoms with Crippen LogP contribution in [0, 0.1) is 0 Å². The molecule has 0 aliphatic carbocycles. The Labute approximate surface area is 73.4 Å². The van der Waals surface area contributed by atoms with Gasteiger partial charge in [0, 0.05) is 5.25 Å². The average Bonchev–Trinajstić information content (AvgIpc) is 2.07. The molecule has 11 heavy (non-hydrogen) atoms. The van der Waals surface area contributed by atoms with E-state index in [1.54, 1.807) is 0 Å². The molecular formula is C10H12S. The van der Waals surface area contributed by atoms with Crippen LogP contribution in [0.2, 0.25) is 0 Å². The van der Waals surface area contributed by atoms with Gasteiger partial charge in [0.2, 0.25) is 0 Å². The van der Waals surface area contributed by atoms with Gasteiger partial charge in [0.05, 0.1) is 0 Å². The third-order valence-electron chi connectivity index (χ3n) is 1.52. The highest BCUT2D eigenvalue weighted by molar-refractivity contribution is 7.80. The Morgan fingerprint density at radius 1 is 1.27 bits per heavy atom. The lowest BCUT2D eigenvalue weighted by Gasteiger charge is -2.03. The molecule has 1 heteroatoms. The molecular weight excluding hydrogens is 152 g/mol. The molecule has 0 heterocycles. The van der Waals surface area contributed by atoms with Crippen molar-refractivity contribution in [2.24, 2.45) is 0 Å². The van der Waals surface area contributed by atoms with E-state index < -0.39 is 0 Å². The molecule has 0 nitrogen and oxygen atoms in total. The first kappa shape index (κ1) is 8.41. The molecule has 1 aromatic rings. The fourth-order valence-corrected chi connectivity index (χ4v) is 1.29. The standard InChI is InChI=1S/C10H12S/c1-2-6-10(11)9-7-4-3-5-8-9/h2-8,10-11H,1H3/b6-2+/t10-/m0/s1. The summed E-state index contributed by atoms with van der Waals surface area (Å²) in [5.41, 5.74) is 1.24. The second kappa shape index (κ2) is 4.24. The highest BCUT2D eigenvalue weighted by atomic mass is 32.1. The second-order valence-electron chi connectivity index (χ2n) is 2.38. The third kappa shape index (κ3) is 2.43. The second-order valence-corrected chi connectivity index (χ2v) is 2.94. The van der Waals surface area contributed by atoms with Crippen LogP contribution in [0.5, 0.6) is 0 Å². The monoisotopic (exact) mass is 164 g/mol. The molecule has 58 valence electrons. The minimum absolute atomic E-state index is 0.237. The molecule has 0 aliphatic rings. The van der Waals surface area contributed by atoms with Crippen LogP contribution in [0.25, 0.3) is 0 Å². The Hall–Kier alpha value is -0.690. The molecule has 0 saturated heterocycles.